The molecule has 25 heavy (non-hydrogen) atoms. The molecule has 1 aliphatic rings. The first-order chi connectivity index (χ1) is 12.1. The number of nitrogens with zero attached hydrogens (tertiary/aromatic N) is 2. The average molecular weight is 364 g/mol. The Hall–Kier alpha value is -2.21. The molecule has 0 bridgehead atoms. The summed E-state index contributed by atoms with van der Waals surface area (Å²) in [5.41, 5.74) is 1.15. The van der Waals surface area contributed by atoms with E-state index in [9.17, 15) is 4.79 Å². The Morgan fingerprint density at radius 1 is 1.36 bits per heavy atom. The van der Waals surface area contributed by atoms with Crippen LogP contribution in [0.5, 0.6) is 11.5 Å². The summed E-state index contributed by atoms with van der Waals surface area (Å²) in [4.78, 5) is 11.9. The maximum absolute atomic E-state index is 11.9. The van der Waals surface area contributed by atoms with Crippen molar-refractivity contribution in [3.8, 4) is 11.5 Å². The lowest BCUT2D eigenvalue weighted by atomic mass is 10.1. The maximum atomic E-state index is 11.9. The topological polar surface area (TPSA) is 65.4 Å². The van der Waals surface area contributed by atoms with Gasteiger partial charge in [0.05, 0.1) is 25.1 Å². The Balaban J connectivity index is 1.79. The van der Waals surface area contributed by atoms with Crippen LogP contribution in [0, 0.1) is 0 Å². The number of aryl methyl sites for hydroxylation is 1. The first-order valence-electron chi connectivity index (χ1n) is 8.37. The second-order valence-corrected chi connectivity index (χ2v) is 6.53. The number of methoxy groups -OCH3 is 1. The average Bonchev–Trinajstić information content (AvgIpc) is 3.13. The van der Waals surface area contributed by atoms with Crippen molar-refractivity contribution in [1.82, 2.24) is 9.78 Å². The van der Waals surface area contributed by atoms with Crippen LogP contribution in [-0.4, -0.2) is 23.0 Å². The monoisotopic (exact) mass is 363 g/mol. The predicted molar refractivity (Wildman–Crippen MR) is 97.7 cm³/mol. The molecule has 0 radical (unpaired) electrons. The van der Waals surface area contributed by atoms with Gasteiger partial charge in [-0.05, 0) is 37.8 Å². The van der Waals surface area contributed by atoms with Gasteiger partial charge in [-0.25, -0.2) is 4.68 Å². The van der Waals surface area contributed by atoms with Crippen molar-refractivity contribution in [3.63, 3.8) is 0 Å². The van der Waals surface area contributed by atoms with Crippen molar-refractivity contribution in [3.05, 3.63) is 45.3 Å². The number of aromatic nitrogens is 2. The first-order valence-corrected chi connectivity index (χ1v) is 8.75. The summed E-state index contributed by atoms with van der Waals surface area (Å²) < 4.78 is 12.7. The quantitative estimate of drug-likeness (QED) is 0.852. The van der Waals surface area contributed by atoms with E-state index >= 15 is 0 Å². The van der Waals surface area contributed by atoms with Gasteiger partial charge in [-0.2, -0.15) is 5.10 Å². The highest BCUT2D eigenvalue weighted by Crippen LogP contribution is 2.30. The Morgan fingerprint density at radius 2 is 2.12 bits per heavy atom. The van der Waals surface area contributed by atoms with Crippen LogP contribution in [0.4, 0.5) is 5.69 Å². The highest BCUT2D eigenvalue weighted by molar-refractivity contribution is 6.32. The van der Waals surface area contributed by atoms with E-state index in [1.165, 1.54) is 17.5 Å². The molecule has 7 heteroatoms. The minimum atomic E-state index is -0.330. The second kappa shape index (κ2) is 7.78. The van der Waals surface area contributed by atoms with Gasteiger partial charge in [0.25, 0.3) is 5.56 Å². The summed E-state index contributed by atoms with van der Waals surface area (Å²) in [6, 6.07) is 5.75. The summed E-state index contributed by atoms with van der Waals surface area (Å²) >= 11 is 6.10. The summed E-state index contributed by atoms with van der Waals surface area (Å²) in [5.74, 6) is 1.55. The molecule has 0 saturated heterocycles. The number of nitrogens with one attached hydrogen (secondary N) is 1. The molecular weight excluding hydrogens is 342 g/mol. The number of rotatable bonds is 6. The van der Waals surface area contributed by atoms with Crippen LogP contribution in [0.3, 0.4) is 0 Å². The van der Waals surface area contributed by atoms with Gasteiger partial charge >= 0.3 is 0 Å². The van der Waals surface area contributed by atoms with Crippen LogP contribution in [0.15, 0.2) is 29.2 Å². The highest BCUT2D eigenvalue weighted by atomic mass is 35.5. The molecule has 1 heterocycles. The molecule has 6 nitrogen and oxygen atoms in total. The fourth-order valence-electron chi connectivity index (χ4n) is 2.93. The maximum Gasteiger partial charge on any atom is 0.287 e. The lowest BCUT2D eigenvalue weighted by Gasteiger charge is -2.18. The van der Waals surface area contributed by atoms with Crippen LogP contribution in [0.25, 0.3) is 0 Å². The lowest BCUT2D eigenvalue weighted by molar-refractivity contribution is 0.207. The predicted octanol–water partition coefficient (Wildman–Crippen LogP) is 3.38. The van der Waals surface area contributed by atoms with Crippen molar-refractivity contribution < 1.29 is 9.47 Å². The molecule has 1 N–H and O–H groups in total. The molecule has 0 aliphatic heterocycles. The van der Waals surface area contributed by atoms with Crippen LogP contribution in [0.2, 0.25) is 5.02 Å². The molecule has 1 aromatic heterocycles. The number of halogens is 1. The normalized spacial score (nSPS) is 14.5. The minimum Gasteiger partial charge on any atom is -0.497 e. The van der Waals surface area contributed by atoms with Crippen molar-refractivity contribution in [1.29, 1.82) is 0 Å². The van der Waals surface area contributed by atoms with Gasteiger partial charge in [0.15, 0.2) is 0 Å². The fraction of sp³-hybridized carbons (Fsp3) is 0.444. The van der Waals surface area contributed by atoms with Crippen LogP contribution in [0.1, 0.15) is 31.2 Å². The first kappa shape index (κ1) is 17.6. The smallest absolute Gasteiger partial charge is 0.287 e. The van der Waals surface area contributed by atoms with Crippen LogP contribution in [-0.2, 0) is 13.6 Å². The van der Waals surface area contributed by atoms with Gasteiger partial charge in [0.1, 0.15) is 16.5 Å². The molecule has 3 rings (SSSR count). The Morgan fingerprint density at radius 3 is 2.84 bits per heavy atom. The number of hydrogen-bond donors (Lipinski definition) is 1. The molecule has 134 valence electrons. The van der Waals surface area contributed by atoms with E-state index in [1.54, 1.807) is 20.4 Å². The third-order valence-corrected chi connectivity index (χ3v) is 4.78. The molecule has 1 fully saturated rings. The van der Waals surface area contributed by atoms with Crippen molar-refractivity contribution >= 4 is 17.3 Å². The number of anilines is 1. The zero-order valence-corrected chi connectivity index (χ0v) is 15.2. The molecule has 1 aliphatic carbocycles. The molecule has 0 spiro atoms. The van der Waals surface area contributed by atoms with Crippen LogP contribution < -0.4 is 20.3 Å². The lowest BCUT2D eigenvalue weighted by Crippen LogP contribution is -2.21. The SMILES string of the molecule is COc1ccc(CNc2cnn(C)c(=O)c2Cl)c(OC2CCCC2)c1. The van der Waals surface area contributed by atoms with E-state index in [0.717, 1.165) is 29.9 Å². The van der Waals surface area contributed by atoms with Gasteiger partial charge in [-0.15, -0.1) is 0 Å². The van der Waals surface area contributed by atoms with Crippen LogP contribution >= 0.6 is 11.6 Å². The number of ether oxygens (including phenoxy) is 2. The zero-order valence-electron chi connectivity index (χ0n) is 14.4. The molecule has 0 amide bonds. The zero-order chi connectivity index (χ0) is 17.8. The Bertz CT molecular complexity index is 801. The Labute approximate surface area is 151 Å². The van der Waals surface area contributed by atoms with E-state index in [-0.39, 0.29) is 16.7 Å². The fourth-order valence-corrected chi connectivity index (χ4v) is 3.17. The van der Waals surface area contributed by atoms with Crippen molar-refractivity contribution in [2.75, 3.05) is 12.4 Å². The van der Waals surface area contributed by atoms with Gasteiger partial charge in [0.2, 0.25) is 0 Å². The molecule has 1 aromatic carbocycles. The number of benzene rings is 1. The highest BCUT2D eigenvalue weighted by Gasteiger charge is 2.18. The van der Waals surface area contributed by atoms with Gasteiger partial charge in [0, 0.05) is 25.2 Å². The summed E-state index contributed by atoms with van der Waals surface area (Å²) in [6.07, 6.45) is 6.36. The molecule has 1 saturated carbocycles. The van der Waals surface area contributed by atoms with E-state index in [4.69, 9.17) is 21.1 Å². The minimum absolute atomic E-state index is 0.129. The molecule has 0 atom stereocenters. The molecule has 2 aromatic rings. The molecular formula is C18H22ClN3O3. The van der Waals surface area contributed by atoms with Gasteiger partial charge in [-0.1, -0.05) is 11.6 Å². The van der Waals surface area contributed by atoms with Gasteiger partial charge < -0.3 is 14.8 Å². The molecule has 0 unspecified atom stereocenters. The van der Waals surface area contributed by atoms with Gasteiger partial charge in [-0.3, -0.25) is 4.79 Å². The standard InChI is InChI=1S/C18H22ClN3O3/c1-22-18(23)17(19)15(11-21-22)20-10-12-7-8-14(24-2)9-16(12)25-13-5-3-4-6-13/h7-9,11,13,20H,3-6,10H2,1-2H3. The Kier molecular flexibility index (Phi) is 5.48. The van der Waals surface area contributed by atoms with Crippen molar-refractivity contribution in [2.24, 2.45) is 7.05 Å². The third-order valence-electron chi connectivity index (χ3n) is 4.42. The van der Waals surface area contributed by atoms with E-state index in [2.05, 4.69) is 10.4 Å². The largest absolute Gasteiger partial charge is 0.497 e. The summed E-state index contributed by atoms with van der Waals surface area (Å²) in [6.45, 7) is 0.473. The van der Waals surface area contributed by atoms with E-state index in [1.807, 2.05) is 18.2 Å². The second-order valence-electron chi connectivity index (χ2n) is 6.15. The van der Waals surface area contributed by atoms with Crippen molar-refractivity contribution in [2.45, 2.75) is 38.3 Å². The summed E-state index contributed by atoms with van der Waals surface area (Å²) in [5, 5.41) is 7.29. The van der Waals surface area contributed by atoms with E-state index in [0.29, 0.717) is 12.2 Å². The number of hydrogen-bond acceptors (Lipinski definition) is 5. The van der Waals surface area contributed by atoms with E-state index < -0.39 is 0 Å². The summed E-state index contributed by atoms with van der Waals surface area (Å²) in [7, 11) is 3.20. The third kappa shape index (κ3) is 4.07.